The van der Waals surface area contributed by atoms with Crippen LogP contribution in [-0.4, -0.2) is 29.0 Å². The number of aryl methyl sites for hydroxylation is 1. The minimum Gasteiger partial charge on any atom is -0.346 e. The van der Waals surface area contributed by atoms with Crippen LogP contribution in [0.25, 0.3) is 0 Å². The molecule has 0 heterocycles. The second kappa shape index (κ2) is 9.54. The van der Waals surface area contributed by atoms with Gasteiger partial charge in [-0.2, -0.15) is 0 Å². The van der Waals surface area contributed by atoms with E-state index < -0.39 is 31.8 Å². The first kappa shape index (κ1) is 24.8. The summed E-state index contributed by atoms with van der Waals surface area (Å²) >= 11 is 6.13. The van der Waals surface area contributed by atoms with Gasteiger partial charge in [-0.05, 0) is 61.9 Å². The third kappa shape index (κ3) is 6.13. The highest BCUT2D eigenvalue weighted by molar-refractivity contribution is 7.92. The van der Waals surface area contributed by atoms with E-state index in [2.05, 4.69) is 10.0 Å². The standard InChI is InChI=1S/C23H23ClN2O5S2/c1-15-4-9-19(10-5-15)26-33(30,31)22-14-18(8-13-21(22)24)23(27)25-16(2)17-6-11-20(12-7-17)32(3,28)29/h4-14,16,26H,1-3H3,(H,25,27). The van der Waals surface area contributed by atoms with Gasteiger partial charge in [-0.25, -0.2) is 16.8 Å². The zero-order chi connectivity index (χ0) is 24.4. The average Bonchev–Trinajstić information content (AvgIpc) is 2.74. The van der Waals surface area contributed by atoms with E-state index in [0.29, 0.717) is 11.3 Å². The molecule has 7 nitrogen and oxygen atoms in total. The number of amides is 1. The van der Waals surface area contributed by atoms with E-state index in [1.807, 2.05) is 6.92 Å². The normalized spacial score (nSPS) is 12.7. The highest BCUT2D eigenvalue weighted by Crippen LogP contribution is 2.26. The van der Waals surface area contributed by atoms with Gasteiger partial charge in [0.15, 0.2) is 9.84 Å². The van der Waals surface area contributed by atoms with Crippen molar-refractivity contribution in [2.75, 3.05) is 11.0 Å². The molecular formula is C23H23ClN2O5S2. The summed E-state index contributed by atoms with van der Waals surface area (Å²) in [5.41, 5.74) is 2.16. The van der Waals surface area contributed by atoms with Gasteiger partial charge in [-0.3, -0.25) is 9.52 Å². The lowest BCUT2D eigenvalue weighted by Crippen LogP contribution is -2.27. The van der Waals surface area contributed by atoms with Crippen LogP contribution in [0.4, 0.5) is 5.69 Å². The van der Waals surface area contributed by atoms with Crippen LogP contribution >= 0.6 is 11.6 Å². The molecule has 0 radical (unpaired) electrons. The molecule has 174 valence electrons. The summed E-state index contributed by atoms with van der Waals surface area (Å²) in [4.78, 5) is 12.7. The van der Waals surface area contributed by atoms with Crippen molar-refractivity contribution in [1.29, 1.82) is 0 Å². The third-order valence-electron chi connectivity index (χ3n) is 4.94. The Bertz CT molecular complexity index is 1390. The van der Waals surface area contributed by atoms with E-state index in [0.717, 1.165) is 11.8 Å². The van der Waals surface area contributed by atoms with Gasteiger partial charge in [0, 0.05) is 17.5 Å². The van der Waals surface area contributed by atoms with E-state index in [4.69, 9.17) is 11.6 Å². The maximum atomic E-state index is 12.9. The minimum absolute atomic E-state index is 0.0180. The van der Waals surface area contributed by atoms with Crippen molar-refractivity contribution in [2.45, 2.75) is 29.7 Å². The molecule has 0 saturated heterocycles. The second-order valence-electron chi connectivity index (χ2n) is 7.65. The zero-order valence-corrected chi connectivity index (χ0v) is 20.6. The Kier molecular flexibility index (Phi) is 7.16. The van der Waals surface area contributed by atoms with E-state index in [1.54, 1.807) is 43.3 Å². The van der Waals surface area contributed by atoms with Crippen molar-refractivity contribution < 1.29 is 21.6 Å². The molecule has 1 atom stereocenters. The summed E-state index contributed by atoms with van der Waals surface area (Å²) in [6, 6.07) is 16.5. The van der Waals surface area contributed by atoms with Crippen LogP contribution < -0.4 is 10.0 Å². The van der Waals surface area contributed by atoms with Crippen LogP contribution in [0, 0.1) is 6.92 Å². The van der Waals surface area contributed by atoms with Gasteiger partial charge in [0.05, 0.1) is 16.0 Å². The number of nitrogens with one attached hydrogen (secondary N) is 2. The second-order valence-corrected chi connectivity index (χ2v) is 11.7. The molecular weight excluding hydrogens is 484 g/mol. The van der Waals surface area contributed by atoms with Crippen molar-refractivity contribution in [3.8, 4) is 0 Å². The van der Waals surface area contributed by atoms with Gasteiger partial charge in [0.25, 0.3) is 15.9 Å². The maximum absolute atomic E-state index is 12.9. The molecule has 1 amide bonds. The molecule has 3 aromatic carbocycles. The number of benzene rings is 3. The SMILES string of the molecule is Cc1ccc(NS(=O)(=O)c2cc(C(=O)NC(C)c3ccc(S(C)(=O)=O)cc3)ccc2Cl)cc1. The highest BCUT2D eigenvalue weighted by Gasteiger charge is 2.21. The average molecular weight is 507 g/mol. The van der Waals surface area contributed by atoms with Gasteiger partial charge in [0.1, 0.15) is 4.90 Å². The predicted molar refractivity (Wildman–Crippen MR) is 129 cm³/mol. The Labute approximate surface area is 198 Å². The summed E-state index contributed by atoms with van der Waals surface area (Å²) in [7, 11) is -7.35. The third-order valence-corrected chi connectivity index (χ3v) is 7.93. The maximum Gasteiger partial charge on any atom is 0.263 e. The monoisotopic (exact) mass is 506 g/mol. The van der Waals surface area contributed by atoms with Crippen LogP contribution in [-0.2, 0) is 19.9 Å². The Hall–Kier alpha value is -2.88. The smallest absolute Gasteiger partial charge is 0.263 e. The first-order valence-corrected chi connectivity index (χ1v) is 13.6. The van der Waals surface area contributed by atoms with Crippen LogP contribution in [0.2, 0.25) is 5.02 Å². The number of hydrogen-bond donors (Lipinski definition) is 2. The largest absolute Gasteiger partial charge is 0.346 e. The molecule has 0 aliphatic rings. The van der Waals surface area contributed by atoms with Crippen molar-refractivity contribution in [2.24, 2.45) is 0 Å². The fraction of sp³-hybridized carbons (Fsp3) is 0.174. The number of sulfonamides is 1. The van der Waals surface area contributed by atoms with Crippen LogP contribution in [0.3, 0.4) is 0 Å². The molecule has 1 unspecified atom stereocenters. The fourth-order valence-electron chi connectivity index (χ4n) is 3.05. The molecule has 0 aromatic heterocycles. The molecule has 33 heavy (non-hydrogen) atoms. The lowest BCUT2D eigenvalue weighted by molar-refractivity contribution is 0.0939. The Morgan fingerprint density at radius 2 is 1.52 bits per heavy atom. The molecule has 3 aromatic rings. The summed E-state index contributed by atoms with van der Waals surface area (Å²) in [6.07, 6.45) is 1.12. The Morgan fingerprint density at radius 3 is 2.09 bits per heavy atom. The van der Waals surface area contributed by atoms with Gasteiger partial charge in [-0.1, -0.05) is 41.4 Å². The molecule has 0 saturated carbocycles. The van der Waals surface area contributed by atoms with E-state index >= 15 is 0 Å². The molecule has 0 spiro atoms. The number of halogens is 1. The molecule has 10 heteroatoms. The number of carbonyl (C=O) groups is 1. The number of anilines is 1. The molecule has 0 bridgehead atoms. The highest BCUT2D eigenvalue weighted by atomic mass is 35.5. The molecule has 0 aliphatic heterocycles. The van der Waals surface area contributed by atoms with Crippen molar-refractivity contribution in [3.05, 3.63) is 88.4 Å². The van der Waals surface area contributed by atoms with E-state index in [9.17, 15) is 21.6 Å². The summed E-state index contributed by atoms with van der Waals surface area (Å²) in [5.74, 6) is -0.502. The minimum atomic E-state index is -4.03. The van der Waals surface area contributed by atoms with E-state index in [1.165, 1.54) is 30.3 Å². The van der Waals surface area contributed by atoms with Gasteiger partial charge in [0.2, 0.25) is 0 Å². The van der Waals surface area contributed by atoms with Crippen LogP contribution in [0.1, 0.15) is 34.5 Å². The van der Waals surface area contributed by atoms with Crippen molar-refractivity contribution in [3.63, 3.8) is 0 Å². The lowest BCUT2D eigenvalue weighted by Gasteiger charge is -2.16. The molecule has 3 rings (SSSR count). The quantitative estimate of drug-likeness (QED) is 0.495. The fourth-order valence-corrected chi connectivity index (χ4v) is 5.27. The van der Waals surface area contributed by atoms with Crippen molar-refractivity contribution in [1.82, 2.24) is 5.32 Å². The lowest BCUT2D eigenvalue weighted by atomic mass is 10.1. The van der Waals surface area contributed by atoms with Crippen LogP contribution in [0.5, 0.6) is 0 Å². The number of carbonyl (C=O) groups excluding carboxylic acids is 1. The first-order chi connectivity index (χ1) is 15.4. The first-order valence-electron chi connectivity index (χ1n) is 9.87. The number of hydrogen-bond acceptors (Lipinski definition) is 5. The zero-order valence-electron chi connectivity index (χ0n) is 18.2. The Morgan fingerprint density at radius 1 is 0.909 bits per heavy atom. The summed E-state index contributed by atoms with van der Waals surface area (Å²) in [6.45, 7) is 3.62. The summed E-state index contributed by atoms with van der Waals surface area (Å²) < 4.78 is 51.4. The Balaban J connectivity index is 1.80. The van der Waals surface area contributed by atoms with Gasteiger partial charge >= 0.3 is 0 Å². The number of sulfone groups is 1. The van der Waals surface area contributed by atoms with E-state index in [-0.39, 0.29) is 20.4 Å². The molecule has 2 N–H and O–H groups in total. The van der Waals surface area contributed by atoms with Crippen molar-refractivity contribution >= 4 is 43.1 Å². The predicted octanol–water partition coefficient (Wildman–Crippen LogP) is 4.34. The molecule has 0 aliphatic carbocycles. The topological polar surface area (TPSA) is 109 Å². The molecule has 0 fully saturated rings. The van der Waals surface area contributed by atoms with Crippen LogP contribution in [0.15, 0.2) is 76.5 Å². The number of rotatable bonds is 7. The van der Waals surface area contributed by atoms with Gasteiger partial charge in [-0.15, -0.1) is 0 Å². The summed E-state index contributed by atoms with van der Waals surface area (Å²) in [5, 5.41) is 2.76. The van der Waals surface area contributed by atoms with Gasteiger partial charge < -0.3 is 5.32 Å².